The maximum Gasteiger partial charge on any atom is 0.00893 e. The Balaban J connectivity index is 2.18. The summed E-state index contributed by atoms with van der Waals surface area (Å²) < 4.78 is 0. The highest BCUT2D eigenvalue weighted by atomic mass is 32.3. The number of rotatable bonds is 6. The van der Waals surface area contributed by atoms with Gasteiger partial charge in [-0.1, -0.05) is 13.3 Å². The van der Waals surface area contributed by atoms with E-state index in [0.29, 0.717) is 0 Å². The van der Waals surface area contributed by atoms with E-state index in [0.717, 1.165) is 0 Å². The minimum atomic E-state index is -1.03. The van der Waals surface area contributed by atoms with Gasteiger partial charge in [0.2, 0.25) is 0 Å². The van der Waals surface area contributed by atoms with E-state index in [-0.39, 0.29) is 0 Å². The van der Waals surface area contributed by atoms with Gasteiger partial charge in [-0.2, -0.15) is 44.0 Å². The summed E-state index contributed by atoms with van der Waals surface area (Å²) >= 11 is 5.47. The zero-order valence-electron chi connectivity index (χ0n) is 11.5. The normalized spacial score (nSPS) is 12.7. The van der Waals surface area contributed by atoms with Crippen molar-refractivity contribution in [2.75, 3.05) is 5.75 Å². The summed E-state index contributed by atoms with van der Waals surface area (Å²) in [5.41, 5.74) is 0. The first-order valence-corrected chi connectivity index (χ1v) is 11.4. The van der Waals surface area contributed by atoms with Crippen LogP contribution in [0.1, 0.15) is 19.8 Å². The van der Waals surface area contributed by atoms with Crippen LogP contribution in [0.2, 0.25) is 0 Å². The SMILES string of the molecule is CCCCS(c1ccsc1)(c1ccsc1)c1ccsc1. The summed E-state index contributed by atoms with van der Waals surface area (Å²) in [6, 6.07) is 7.01. The lowest BCUT2D eigenvalue weighted by molar-refractivity contribution is 0.887. The standard InChI is InChI=1S/C16H18S4/c1-2-3-10-20(14-4-7-17-11-14,15-5-8-18-12-15)16-6-9-19-13-16/h4-9,11-13H,2-3,10H2,1H3. The fourth-order valence-electron chi connectivity index (χ4n) is 2.47. The predicted molar refractivity (Wildman–Crippen MR) is 95.1 cm³/mol. The van der Waals surface area contributed by atoms with Crippen molar-refractivity contribution in [3.8, 4) is 0 Å². The largest absolute Gasteiger partial charge is 0.158 e. The Morgan fingerprint density at radius 3 is 1.55 bits per heavy atom. The molecule has 0 spiro atoms. The number of hydrogen-bond donors (Lipinski definition) is 0. The van der Waals surface area contributed by atoms with Crippen molar-refractivity contribution in [3.05, 3.63) is 50.5 Å². The molecule has 3 rings (SSSR count). The van der Waals surface area contributed by atoms with Gasteiger partial charge in [-0.15, -0.1) is 0 Å². The van der Waals surface area contributed by atoms with Gasteiger partial charge >= 0.3 is 0 Å². The van der Waals surface area contributed by atoms with Crippen LogP contribution in [-0.2, 0) is 0 Å². The molecule has 0 aromatic carbocycles. The lowest BCUT2D eigenvalue weighted by Gasteiger charge is -2.39. The Labute approximate surface area is 134 Å². The molecule has 0 bridgehead atoms. The monoisotopic (exact) mass is 338 g/mol. The Hall–Kier alpha value is -0.550. The van der Waals surface area contributed by atoms with Gasteiger partial charge in [-0.3, -0.25) is 0 Å². The molecule has 0 atom stereocenters. The van der Waals surface area contributed by atoms with Gasteiger partial charge in [-0.05, 0) is 46.5 Å². The molecule has 3 aromatic rings. The van der Waals surface area contributed by atoms with Crippen LogP contribution < -0.4 is 0 Å². The molecule has 0 aliphatic heterocycles. The molecule has 0 nitrogen and oxygen atoms in total. The van der Waals surface area contributed by atoms with Crippen LogP contribution in [0.15, 0.2) is 65.2 Å². The van der Waals surface area contributed by atoms with E-state index in [1.165, 1.54) is 33.3 Å². The molecule has 0 amide bonds. The van der Waals surface area contributed by atoms with E-state index < -0.39 is 10.0 Å². The molecule has 0 saturated heterocycles. The highest BCUT2D eigenvalue weighted by molar-refractivity contribution is 8.34. The first-order chi connectivity index (χ1) is 9.88. The van der Waals surface area contributed by atoms with Crippen LogP contribution >= 0.6 is 44.0 Å². The third-order valence-corrected chi connectivity index (χ3v) is 10.1. The molecule has 0 saturated carbocycles. The van der Waals surface area contributed by atoms with Crippen molar-refractivity contribution in [1.29, 1.82) is 0 Å². The molecule has 3 heterocycles. The summed E-state index contributed by atoms with van der Waals surface area (Å²) in [5, 5.41) is 13.8. The molecule has 20 heavy (non-hydrogen) atoms. The second-order valence-electron chi connectivity index (χ2n) is 4.67. The van der Waals surface area contributed by atoms with Gasteiger partial charge in [0.05, 0.1) is 0 Å². The highest BCUT2D eigenvalue weighted by Crippen LogP contribution is 2.69. The van der Waals surface area contributed by atoms with E-state index in [4.69, 9.17) is 0 Å². The second kappa shape index (κ2) is 6.48. The van der Waals surface area contributed by atoms with Gasteiger partial charge in [0.15, 0.2) is 0 Å². The van der Waals surface area contributed by atoms with Crippen LogP contribution in [0.5, 0.6) is 0 Å². The molecule has 4 heteroatoms. The van der Waals surface area contributed by atoms with Crippen molar-refractivity contribution in [1.82, 2.24) is 0 Å². The molecule has 0 radical (unpaired) electrons. The molecular formula is C16H18S4. The number of hydrogen-bond acceptors (Lipinski definition) is 3. The average Bonchev–Trinajstić information content (AvgIpc) is 3.23. The van der Waals surface area contributed by atoms with Crippen molar-refractivity contribution in [2.45, 2.75) is 34.5 Å². The van der Waals surface area contributed by atoms with Gasteiger partial charge in [-0.25, -0.2) is 0 Å². The number of unbranched alkanes of at least 4 members (excludes halogenated alkanes) is 1. The minimum Gasteiger partial charge on any atom is -0.158 e. The van der Waals surface area contributed by atoms with Crippen LogP contribution in [-0.4, -0.2) is 5.75 Å². The summed E-state index contributed by atoms with van der Waals surface area (Å²) in [6.07, 6.45) is 2.55. The zero-order valence-corrected chi connectivity index (χ0v) is 14.7. The van der Waals surface area contributed by atoms with E-state index in [1.807, 2.05) is 34.0 Å². The van der Waals surface area contributed by atoms with E-state index in [1.54, 1.807) is 0 Å². The quantitative estimate of drug-likeness (QED) is 0.456. The smallest absolute Gasteiger partial charge is 0.00893 e. The molecule has 106 valence electrons. The minimum absolute atomic E-state index is 1.03. The van der Waals surface area contributed by atoms with Crippen LogP contribution in [0.3, 0.4) is 0 Å². The molecule has 3 aromatic heterocycles. The van der Waals surface area contributed by atoms with E-state index in [9.17, 15) is 0 Å². The molecule has 0 fully saturated rings. The first-order valence-electron chi connectivity index (χ1n) is 6.75. The Kier molecular flexibility index (Phi) is 4.66. The lowest BCUT2D eigenvalue weighted by Crippen LogP contribution is -2.05. The lowest BCUT2D eigenvalue weighted by atomic mass is 10.4. The van der Waals surface area contributed by atoms with Crippen molar-refractivity contribution in [3.63, 3.8) is 0 Å². The third-order valence-electron chi connectivity index (χ3n) is 3.50. The van der Waals surface area contributed by atoms with Gasteiger partial charge in [0, 0.05) is 30.8 Å². The summed E-state index contributed by atoms with van der Waals surface area (Å²) in [4.78, 5) is 4.60. The third kappa shape index (κ3) is 2.50. The molecule has 0 unspecified atom stereocenters. The van der Waals surface area contributed by atoms with Crippen LogP contribution in [0.25, 0.3) is 0 Å². The zero-order chi connectivity index (χ0) is 13.8. The average molecular weight is 339 g/mol. The van der Waals surface area contributed by atoms with E-state index >= 15 is 0 Å². The number of thiophene rings is 3. The maximum absolute atomic E-state index is 2.36. The topological polar surface area (TPSA) is 0 Å². The van der Waals surface area contributed by atoms with E-state index in [2.05, 4.69) is 57.4 Å². The van der Waals surface area contributed by atoms with Crippen molar-refractivity contribution < 1.29 is 0 Å². The van der Waals surface area contributed by atoms with Crippen molar-refractivity contribution >= 4 is 44.0 Å². The molecular weight excluding hydrogens is 320 g/mol. The molecule has 0 N–H and O–H groups in total. The summed E-state index contributed by atoms with van der Waals surface area (Å²) in [6.45, 7) is 2.29. The van der Waals surface area contributed by atoms with Crippen molar-refractivity contribution in [2.24, 2.45) is 0 Å². The van der Waals surface area contributed by atoms with Gasteiger partial charge in [0.1, 0.15) is 0 Å². The summed E-state index contributed by atoms with van der Waals surface area (Å²) in [5.74, 6) is 1.27. The maximum atomic E-state index is 2.36. The Morgan fingerprint density at radius 1 is 0.800 bits per heavy atom. The fraction of sp³-hybridized carbons (Fsp3) is 0.250. The van der Waals surface area contributed by atoms with Crippen LogP contribution in [0, 0.1) is 0 Å². The molecule has 0 aliphatic rings. The first kappa shape index (κ1) is 14.4. The van der Waals surface area contributed by atoms with Gasteiger partial charge in [0.25, 0.3) is 0 Å². The predicted octanol–water partition coefficient (Wildman–Crippen LogP) is 6.95. The Morgan fingerprint density at radius 2 is 1.25 bits per heavy atom. The van der Waals surface area contributed by atoms with Crippen LogP contribution in [0.4, 0.5) is 0 Å². The van der Waals surface area contributed by atoms with Gasteiger partial charge < -0.3 is 0 Å². The fourth-order valence-corrected chi connectivity index (χ4v) is 9.90. The molecule has 0 aliphatic carbocycles. The Bertz CT molecular complexity index is 521. The highest BCUT2D eigenvalue weighted by Gasteiger charge is 2.31. The second-order valence-corrected chi connectivity index (χ2v) is 10.3. The summed E-state index contributed by atoms with van der Waals surface area (Å²) in [7, 11) is -1.03.